The van der Waals surface area contributed by atoms with Crippen molar-refractivity contribution in [2.75, 3.05) is 61.8 Å². The number of ether oxygens (including phenoxy) is 6. The summed E-state index contributed by atoms with van der Waals surface area (Å²) in [6.45, 7) is 5.58. The van der Waals surface area contributed by atoms with E-state index in [-0.39, 0.29) is 16.9 Å². The van der Waals surface area contributed by atoms with Crippen molar-refractivity contribution < 1.29 is 55.5 Å². The van der Waals surface area contributed by atoms with Crippen LogP contribution in [-0.4, -0.2) is 91.2 Å². The van der Waals surface area contributed by atoms with Crippen molar-refractivity contribution in [3.8, 4) is 23.0 Å². The van der Waals surface area contributed by atoms with Crippen molar-refractivity contribution in [1.29, 1.82) is 0 Å². The molecule has 0 aromatic heterocycles. The fraction of sp³-hybridized carbons (Fsp3) is 0.421. The highest BCUT2D eigenvalue weighted by Crippen LogP contribution is 2.43. The number of hydrogen-bond donors (Lipinski definition) is 0. The molecule has 3 aromatic carbocycles. The monoisotopic (exact) mass is 727 g/mol. The number of hydrogen-bond acceptors (Lipinski definition) is 11. The summed E-state index contributed by atoms with van der Waals surface area (Å²) in [5.41, 5.74) is 3.53. The molecule has 0 saturated heterocycles. The number of methoxy groups -OCH3 is 4. The van der Waals surface area contributed by atoms with Crippen molar-refractivity contribution >= 4 is 22.1 Å². The maximum atomic E-state index is 12.7. The minimum atomic E-state index is -4.25. The van der Waals surface area contributed by atoms with Crippen LogP contribution in [0.4, 0.5) is 0 Å². The number of unbranched alkanes of at least 4 members (excludes halogenated alkanes) is 2. The first-order valence-corrected chi connectivity index (χ1v) is 18.1. The first kappa shape index (κ1) is 40.8. The lowest BCUT2D eigenvalue weighted by Gasteiger charge is -2.46. The van der Waals surface area contributed by atoms with Crippen LogP contribution in [0, 0.1) is 0 Å². The van der Waals surface area contributed by atoms with Gasteiger partial charge in [0.15, 0.2) is 23.0 Å². The van der Waals surface area contributed by atoms with Gasteiger partial charge >= 0.3 is 11.9 Å². The van der Waals surface area contributed by atoms with Crippen molar-refractivity contribution in [1.82, 2.24) is 0 Å². The minimum Gasteiger partial charge on any atom is -0.744 e. The van der Waals surface area contributed by atoms with Gasteiger partial charge in [-0.15, -0.1) is 0 Å². The average Bonchev–Trinajstić information content (AvgIpc) is 3.14. The predicted molar refractivity (Wildman–Crippen MR) is 190 cm³/mol. The maximum Gasteiger partial charge on any atom is 0.330 e. The van der Waals surface area contributed by atoms with E-state index in [0.29, 0.717) is 47.9 Å². The molecule has 0 saturated carbocycles. The van der Waals surface area contributed by atoms with Gasteiger partial charge in [-0.2, -0.15) is 0 Å². The number of esters is 2. The van der Waals surface area contributed by atoms with Gasteiger partial charge in [-0.1, -0.05) is 30.8 Å². The molecule has 3 aromatic rings. The lowest BCUT2D eigenvalue weighted by molar-refractivity contribution is -0.940. The first-order chi connectivity index (χ1) is 24.4. The van der Waals surface area contributed by atoms with Gasteiger partial charge in [0.2, 0.25) is 0 Å². The van der Waals surface area contributed by atoms with Gasteiger partial charge in [-0.3, -0.25) is 4.79 Å². The predicted octanol–water partition coefficient (Wildman–Crippen LogP) is 5.43. The largest absolute Gasteiger partial charge is 0.744 e. The zero-order chi connectivity index (χ0) is 37.4. The molecule has 13 heteroatoms. The summed E-state index contributed by atoms with van der Waals surface area (Å²) in [6, 6.07) is 17.4. The van der Waals surface area contributed by atoms with Crippen LogP contribution >= 0.6 is 0 Å². The number of benzene rings is 3. The zero-order valence-electron chi connectivity index (χ0n) is 30.1. The third-order valence-corrected chi connectivity index (χ3v) is 9.70. The molecule has 0 radical (unpaired) electrons. The highest BCUT2D eigenvalue weighted by atomic mass is 32.2. The van der Waals surface area contributed by atoms with Gasteiger partial charge in [-0.05, 0) is 66.8 Å². The topological polar surface area (TPSA) is 147 Å². The molecule has 0 spiro atoms. The van der Waals surface area contributed by atoms with E-state index in [4.69, 9.17) is 28.4 Å². The van der Waals surface area contributed by atoms with E-state index >= 15 is 0 Å². The van der Waals surface area contributed by atoms with Crippen LogP contribution in [0.1, 0.15) is 48.4 Å². The molecule has 12 nitrogen and oxygen atoms in total. The Kier molecular flexibility index (Phi) is 15.8. The van der Waals surface area contributed by atoms with Crippen molar-refractivity contribution in [2.45, 2.75) is 49.5 Å². The highest BCUT2D eigenvalue weighted by molar-refractivity contribution is 7.85. The van der Waals surface area contributed by atoms with E-state index in [2.05, 4.69) is 31.8 Å². The lowest BCUT2D eigenvalue weighted by atomic mass is 9.86. The van der Waals surface area contributed by atoms with Gasteiger partial charge < -0.3 is 37.5 Å². The van der Waals surface area contributed by atoms with E-state index in [1.165, 1.54) is 35.4 Å². The van der Waals surface area contributed by atoms with E-state index in [9.17, 15) is 22.6 Å². The van der Waals surface area contributed by atoms with E-state index in [1.54, 1.807) is 34.5 Å². The van der Waals surface area contributed by atoms with Crippen LogP contribution in [-0.2, 0) is 42.0 Å². The molecule has 0 N–H and O–H groups in total. The van der Waals surface area contributed by atoms with Crippen LogP contribution in [0.2, 0.25) is 0 Å². The average molecular weight is 728 g/mol. The summed E-state index contributed by atoms with van der Waals surface area (Å²) in [7, 11) is 4.52. The number of carbonyl (C=O) groups is 2. The highest BCUT2D eigenvalue weighted by Gasteiger charge is 2.40. The zero-order valence-corrected chi connectivity index (χ0v) is 30.9. The Hall–Kier alpha value is -4.59. The summed E-state index contributed by atoms with van der Waals surface area (Å²) >= 11 is 0. The molecule has 1 aliphatic heterocycles. The van der Waals surface area contributed by atoms with Gasteiger partial charge in [0.1, 0.15) is 16.2 Å². The summed E-state index contributed by atoms with van der Waals surface area (Å²) in [5, 5.41) is 0. The fourth-order valence-electron chi connectivity index (χ4n) is 5.96. The Morgan fingerprint density at radius 1 is 0.843 bits per heavy atom. The van der Waals surface area contributed by atoms with Crippen LogP contribution < -0.4 is 18.9 Å². The Morgan fingerprint density at radius 3 is 2.04 bits per heavy atom. The molecule has 0 unspecified atom stereocenters. The van der Waals surface area contributed by atoms with E-state index < -0.39 is 16.1 Å². The molecule has 51 heavy (non-hydrogen) atoms. The number of fused-ring (bicyclic) bond motifs is 1. The second kappa shape index (κ2) is 19.7. The summed E-state index contributed by atoms with van der Waals surface area (Å²) in [5.74, 6) is 2.15. The number of carbonyl (C=O) groups excluding carboxylic acids is 2. The third kappa shape index (κ3) is 12.0. The van der Waals surface area contributed by atoms with E-state index in [1.807, 2.05) is 12.1 Å². The third-order valence-electron chi connectivity index (χ3n) is 8.85. The van der Waals surface area contributed by atoms with Crippen LogP contribution in [0.3, 0.4) is 0 Å². The number of rotatable bonds is 17. The molecular weight excluding hydrogens is 678 g/mol. The van der Waals surface area contributed by atoms with Crippen molar-refractivity contribution in [3.05, 3.63) is 90.0 Å². The molecule has 0 amide bonds. The molecule has 0 bridgehead atoms. The quantitative estimate of drug-likeness (QED) is 0.0577. The lowest BCUT2D eigenvalue weighted by Crippen LogP contribution is -2.53. The standard InChI is InChI=1S/C32H44NO8.C6H6O3S/c1-7-31(34)40-17-9-8-10-18-41-32(35)14-16-33(2)15-13-24-21-29(38-5)30(39-6)22-25(24)26(33)19-23-11-12-27(36-3)28(20-23)37-4;7-10(8,9)6-4-2-1-3-5-6/h7,11-12,20-22,26H,1,8-10,13-19H2,2-6H3;1-5H,(H,7,8,9)/q+1;/p-1/t26-,33-;/m0./s1. The normalized spacial score (nSPS) is 16.4. The second-order valence-corrected chi connectivity index (χ2v) is 13.5. The minimum absolute atomic E-state index is 0.0720. The number of nitrogens with zero attached hydrogens (tertiary/aromatic N) is 1. The Bertz CT molecular complexity index is 1710. The molecular formula is C38H49NO11S. The fourth-order valence-corrected chi connectivity index (χ4v) is 6.45. The van der Waals surface area contributed by atoms with Crippen molar-refractivity contribution in [3.63, 3.8) is 0 Å². The molecule has 278 valence electrons. The first-order valence-electron chi connectivity index (χ1n) is 16.6. The molecule has 2 atom stereocenters. The van der Waals surface area contributed by atoms with Crippen LogP contribution in [0.5, 0.6) is 23.0 Å². The number of likely N-dealkylation sites (N-methyl/N-ethyl adjacent to an activating group) is 1. The summed E-state index contributed by atoms with van der Waals surface area (Å²) < 4.78 is 64.3. The van der Waals surface area contributed by atoms with Crippen molar-refractivity contribution in [2.24, 2.45) is 0 Å². The van der Waals surface area contributed by atoms with Crippen LogP contribution in [0.25, 0.3) is 0 Å². The second-order valence-electron chi connectivity index (χ2n) is 12.2. The summed E-state index contributed by atoms with van der Waals surface area (Å²) in [4.78, 5) is 23.6. The molecule has 1 aliphatic rings. The Labute approximate surface area is 301 Å². The van der Waals surface area contributed by atoms with Gasteiger partial charge in [0.25, 0.3) is 0 Å². The molecule has 1 heterocycles. The molecule has 0 fully saturated rings. The van der Waals surface area contributed by atoms with Crippen LogP contribution in [0.15, 0.2) is 78.2 Å². The maximum absolute atomic E-state index is 12.7. The smallest absolute Gasteiger partial charge is 0.330 e. The number of quaternary nitrogens is 1. The SMILES string of the molecule is C=CC(=O)OCCCCCOC(=O)CC[N@+]1(C)CCc2cc(OC)c(OC)cc2[C@@H]1Cc1ccc(OC)c(OC)c1.O=S(=O)([O-])c1ccccc1. The van der Waals surface area contributed by atoms with Gasteiger partial charge in [-0.25, -0.2) is 13.2 Å². The van der Waals surface area contributed by atoms with E-state index in [0.717, 1.165) is 56.0 Å². The Morgan fingerprint density at radius 2 is 1.45 bits per heavy atom. The molecule has 0 aliphatic carbocycles. The summed E-state index contributed by atoms with van der Waals surface area (Å²) in [6.07, 6.45) is 5.32. The van der Waals surface area contributed by atoms with Gasteiger partial charge in [0.05, 0.1) is 73.1 Å². The van der Waals surface area contributed by atoms with Gasteiger partial charge in [0, 0.05) is 24.5 Å². The Balaban J connectivity index is 0.000000602. The molecule has 4 rings (SSSR count).